The Labute approximate surface area is 270 Å². The number of methoxy groups -OCH3 is 1. The highest BCUT2D eigenvalue weighted by atomic mass is 35.5. The van der Waals surface area contributed by atoms with E-state index >= 15 is 0 Å². The number of nitrogens with zero attached hydrogens (tertiary/aromatic N) is 2. The molecule has 0 unspecified atom stereocenters. The van der Waals surface area contributed by atoms with Crippen molar-refractivity contribution in [3.63, 3.8) is 0 Å². The van der Waals surface area contributed by atoms with E-state index in [9.17, 15) is 18.0 Å². The largest absolute Gasteiger partial charge is 0.487 e. The average Bonchev–Trinajstić information content (AvgIpc) is 3.43. The Morgan fingerprint density at radius 1 is 1.04 bits per heavy atom. The molecule has 1 aliphatic carbocycles. The molecule has 6 rings (SSSR count). The Bertz CT molecular complexity index is 1580. The van der Waals surface area contributed by atoms with Gasteiger partial charge in [-0.05, 0) is 91.8 Å². The molecule has 2 fully saturated rings. The number of nitrogens with one attached hydrogen (secondary N) is 1. The number of hydrogen-bond acceptors (Lipinski definition) is 7. The fourth-order valence-corrected chi connectivity index (χ4v) is 9.14. The normalized spacial score (nSPS) is 29.0. The number of aryl methyl sites for hydroxylation is 1. The number of anilines is 1. The van der Waals surface area contributed by atoms with Crippen LogP contribution in [0, 0.1) is 17.8 Å². The first-order valence-electron chi connectivity index (χ1n) is 15.9. The number of sulfonamides is 1. The zero-order valence-electron chi connectivity index (χ0n) is 25.9. The van der Waals surface area contributed by atoms with Crippen LogP contribution in [-0.2, 0) is 32.6 Å². The van der Waals surface area contributed by atoms with Crippen molar-refractivity contribution in [1.29, 1.82) is 0 Å². The molecule has 2 aromatic rings. The molecule has 242 valence electrons. The summed E-state index contributed by atoms with van der Waals surface area (Å²) in [6, 6.07) is 11.1. The third-order valence-corrected chi connectivity index (χ3v) is 12.1. The van der Waals surface area contributed by atoms with Gasteiger partial charge in [0.1, 0.15) is 17.6 Å². The Morgan fingerprint density at radius 2 is 1.89 bits per heavy atom. The summed E-state index contributed by atoms with van der Waals surface area (Å²) in [6.45, 7) is 3.70. The highest BCUT2D eigenvalue weighted by Gasteiger charge is 2.43. The molecule has 0 spiro atoms. The summed E-state index contributed by atoms with van der Waals surface area (Å²) in [5.74, 6) is 0.136. The fourth-order valence-electron chi connectivity index (χ4n) is 7.34. The van der Waals surface area contributed by atoms with Gasteiger partial charge in [-0.25, -0.2) is 13.1 Å². The molecule has 1 saturated heterocycles. The van der Waals surface area contributed by atoms with E-state index in [1.54, 1.807) is 30.2 Å². The maximum atomic E-state index is 13.7. The molecule has 1 saturated carbocycles. The molecule has 0 radical (unpaired) electrons. The molecule has 0 aromatic heterocycles. The van der Waals surface area contributed by atoms with Crippen LogP contribution in [0.3, 0.4) is 0 Å². The Balaban J connectivity index is 1.39. The molecule has 2 bridgehead atoms. The molecule has 11 heteroatoms. The van der Waals surface area contributed by atoms with Crippen molar-refractivity contribution in [2.24, 2.45) is 17.8 Å². The lowest BCUT2D eigenvalue weighted by Gasteiger charge is -2.43. The topological polar surface area (TPSA) is 105 Å². The van der Waals surface area contributed by atoms with Gasteiger partial charge < -0.3 is 19.3 Å². The van der Waals surface area contributed by atoms with E-state index in [0.29, 0.717) is 42.2 Å². The molecule has 2 aromatic carbocycles. The minimum absolute atomic E-state index is 0.0490. The van der Waals surface area contributed by atoms with Gasteiger partial charge >= 0.3 is 0 Å². The third kappa shape index (κ3) is 6.88. The smallest absolute Gasteiger partial charge is 0.264 e. The molecule has 45 heavy (non-hydrogen) atoms. The zero-order valence-corrected chi connectivity index (χ0v) is 27.5. The first kappa shape index (κ1) is 31.9. The summed E-state index contributed by atoms with van der Waals surface area (Å²) in [5.41, 5.74) is 3.27. The quantitative estimate of drug-likeness (QED) is 0.433. The second kappa shape index (κ2) is 13.3. The Hall–Kier alpha value is -3.08. The van der Waals surface area contributed by atoms with Crippen molar-refractivity contribution in [2.75, 3.05) is 38.2 Å². The van der Waals surface area contributed by atoms with Gasteiger partial charge in [-0.15, -0.1) is 0 Å². The monoisotopic (exact) mass is 655 g/mol. The van der Waals surface area contributed by atoms with Crippen LogP contribution in [-0.4, -0.2) is 69.8 Å². The van der Waals surface area contributed by atoms with Crippen LogP contribution in [0.4, 0.5) is 5.69 Å². The van der Waals surface area contributed by atoms with Crippen molar-refractivity contribution >= 4 is 39.1 Å². The predicted molar refractivity (Wildman–Crippen MR) is 174 cm³/mol. The lowest BCUT2D eigenvalue weighted by Crippen LogP contribution is -2.44. The van der Waals surface area contributed by atoms with Gasteiger partial charge in [-0.3, -0.25) is 9.59 Å². The number of likely N-dealkylation sites (tertiary alicyclic amines) is 1. The van der Waals surface area contributed by atoms with E-state index in [4.69, 9.17) is 21.1 Å². The van der Waals surface area contributed by atoms with Crippen molar-refractivity contribution in [3.05, 3.63) is 70.3 Å². The third-order valence-electron chi connectivity index (χ3n) is 10.1. The number of fused-ring (bicyclic) bond motifs is 4. The van der Waals surface area contributed by atoms with Gasteiger partial charge in [0.25, 0.3) is 5.91 Å². The number of carbonyl (C=O) groups is 2. The lowest BCUT2D eigenvalue weighted by atomic mass is 9.70. The molecule has 4 aliphatic rings. The summed E-state index contributed by atoms with van der Waals surface area (Å²) in [6.07, 6.45) is 9.34. The number of halogens is 1. The first-order chi connectivity index (χ1) is 21.6. The molecule has 3 heterocycles. The van der Waals surface area contributed by atoms with Crippen LogP contribution in [0.25, 0.3) is 0 Å². The molecule has 3 aliphatic heterocycles. The van der Waals surface area contributed by atoms with Crippen LogP contribution < -0.4 is 14.4 Å². The van der Waals surface area contributed by atoms with Gasteiger partial charge in [-0.2, -0.15) is 0 Å². The number of ether oxygens (including phenoxy) is 2. The van der Waals surface area contributed by atoms with Crippen LogP contribution in [0.5, 0.6) is 5.75 Å². The fraction of sp³-hybridized carbons (Fsp3) is 0.529. The van der Waals surface area contributed by atoms with E-state index in [0.717, 1.165) is 56.4 Å². The zero-order chi connectivity index (χ0) is 31.7. The minimum atomic E-state index is -4.09. The number of carbonyl (C=O) groups excluding carboxylic acids is 2. The molecule has 2 amide bonds. The van der Waals surface area contributed by atoms with Crippen LogP contribution in [0.1, 0.15) is 60.5 Å². The number of amides is 2. The first-order valence-corrected chi connectivity index (χ1v) is 17.9. The van der Waals surface area contributed by atoms with Crippen LogP contribution in [0.2, 0.25) is 5.02 Å². The van der Waals surface area contributed by atoms with Crippen LogP contribution >= 0.6 is 11.6 Å². The summed E-state index contributed by atoms with van der Waals surface area (Å²) < 4.78 is 42.1. The van der Waals surface area contributed by atoms with E-state index in [-0.39, 0.29) is 30.0 Å². The van der Waals surface area contributed by atoms with E-state index < -0.39 is 21.2 Å². The Morgan fingerprint density at radius 3 is 2.64 bits per heavy atom. The molecule has 1 N–H and O–H groups in total. The van der Waals surface area contributed by atoms with Gasteiger partial charge in [0.2, 0.25) is 15.9 Å². The average molecular weight is 656 g/mol. The molecule has 5 atom stereocenters. The highest BCUT2D eigenvalue weighted by molar-refractivity contribution is 7.90. The SMILES string of the molecule is CO[C@H]1/C=C/C[C@@H]2CN(C(C)=O)C[C@H]2S(=O)(=O)NC(=O)c2ccc3c(c2)N(CCCCc2cc(Cl)ccc2CO3)C[C@@H]2CC[C@H]21. The van der Waals surface area contributed by atoms with Crippen molar-refractivity contribution in [2.45, 2.75) is 63.4 Å². The maximum absolute atomic E-state index is 13.7. The van der Waals surface area contributed by atoms with Gasteiger partial charge in [0.05, 0.1) is 11.8 Å². The van der Waals surface area contributed by atoms with Crippen molar-refractivity contribution < 1.29 is 27.5 Å². The van der Waals surface area contributed by atoms with Gasteiger partial charge in [0, 0.05) is 56.7 Å². The van der Waals surface area contributed by atoms with Crippen molar-refractivity contribution in [3.8, 4) is 5.75 Å². The second-order valence-electron chi connectivity index (χ2n) is 12.9. The summed E-state index contributed by atoms with van der Waals surface area (Å²) in [5, 5.41) is -0.204. The van der Waals surface area contributed by atoms with E-state index in [1.165, 1.54) is 12.5 Å². The summed E-state index contributed by atoms with van der Waals surface area (Å²) >= 11 is 6.33. The molecule has 9 nitrogen and oxygen atoms in total. The maximum Gasteiger partial charge on any atom is 0.264 e. The van der Waals surface area contributed by atoms with E-state index in [1.807, 2.05) is 24.3 Å². The lowest BCUT2D eigenvalue weighted by molar-refractivity contribution is -0.127. The molecular weight excluding hydrogens is 614 g/mol. The Kier molecular flexibility index (Phi) is 9.45. The van der Waals surface area contributed by atoms with Crippen molar-refractivity contribution in [1.82, 2.24) is 9.62 Å². The second-order valence-corrected chi connectivity index (χ2v) is 15.2. The standard InChI is InChI=1S/C34H42ClN3O6S/c1-22(39)38-19-26-7-5-8-31(43-2)29-13-10-25(29)18-37-15-4-3-6-23-16-28(35)12-9-27(23)21-44-32-14-11-24(17-30(32)37)34(40)36-45(41,42)33(26)20-38/h5,8-9,11-12,14,16-17,25-26,29,31,33H,3-4,6-7,10,13,15,18-21H2,1-2H3,(H,36,40)/b8-5+/t25-,26+,29+,31-,33+/m0/s1. The summed E-state index contributed by atoms with van der Waals surface area (Å²) in [4.78, 5) is 29.7. The number of rotatable bonds is 1. The number of benzene rings is 2. The molecular formula is C34H42ClN3O6S. The number of allylic oxidation sites excluding steroid dienone is 1. The predicted octanol–water partition coefficient (Wildman–Crippen LogP) is 4.97. The summed E-state index contributed by atoms with van der Waals surface area (Å²) in [7, 11) is -2.37. The van der Waals surface area contributed by atoms with Gasteiger partial charge in [0.15, 0.2) is 0 Å². The highest BCUT2D eigenvalue weighted by Crippen LogP contribution is 2.42. The van der Waals surface area contributed by atoms with Crippen LogP contribution in [0.15, 0.2) is 48.6 Å². The minimum Gasteiger partial charge on any atom is -0.487 e. The van der Waals surface area contributed by atoms with E-state index in [2.05, 4.69) is 15.7 Å². The number of hydrogen-bond donors (Lipinski definition) is 1. The van der Waals surface area contributed by atoms with Gasteiger partial charge in [-0.1, -0.05) is 29.8 Å².